The van der Waals surface area contributed by atoms with Gasteiger partial charge in [0.2, 0.25) is 5.91 Å². The fraction of sp³-hybridized carbons (Fsp3) is 0.261. The third-order valence-electron chi connectivity index (χ3n) is 20.0. The highest BCUT2D eigenvalue weighted by molar-refractivity contribution is 5.88. The lowest BCUT2D eigenvalue weighted by atomic mass is 10.0. The molecule has 14 rings (SSSR count). The molecule has 0 saturated carbocycles. The first kappa shape index (κ1) is 101. The molecule has 0 heterocycles. The summed E-state index contributed by atoms with van der Waals surface area (Å²) in [5, 5.41) is 2.74. The SMILES string of the molecule is CC(=O)Nc1cccc(Oc2ccc(C(C)C)cc2)c1.CCOc1cccc(Oc2ccc(C(C)C)cc2)c1.CCOc1cccc(Oc2ccc(C(C)C)cc2)c1.COc1cc(F)cc(Oc2ccc(C(C)C)cc2)c1.COc1cccc(Oc2ccc(C(C)C)cc2)c1.Cc1cccc(Oc2ccc(C(C)C)cc2)c1.Cc1cccc(Oc2ccc(C(C)C)cc2)c1. The van der Waals surface area contributed by atoms with Crippen LogP contribution in [0.1, 0.15) is 209 Å². The van der Waals surface area contributed by atoms with Gasteiger partial charge in [-0.2, -0.15) is 0 Å². The molecule has 0 spiro atoms. The van der Waals surface area contributed by atoms with Crippen molar-refractivity contribution in [2.24, 2.45) is 0 Å². The molecule has 0 aliphatic rings. The zero-order valence-electron chi connectivity index (χ0n) is 79.0. The van der Waals surface area contributed by atoms with Crippen molar-refractivity contribution >= 4 is 11.6 Å². The van der Waals surface area contributed by atoms with Crippen LogP contribution in [-0.2, 0) is 4.79 Å². The molecule has 0 unspecified atom stereocenters. The Bertz CT molecular complexity index is 5400. The second-order valence-corrected chi connectivity index (χ2v) is 32.9. The highest BCUT2D eigenvalue weighted by Gasteiger charge is 2.12. The average Bonchev–Trinajstić information content (AvgIpc) is 0.859. The van der Waals surface area contributed by atoms with Gasteiger partial charge in [0, 0.05) is 55.1 Å². The summed E-state index contributed by atoms with van der Waals surface area (Å²) in [6.07, 6.45) is 0. The van der Waals surface area contributed by atoms with Crippen LogP contribution in [0.3, 0.4) is 0 Å². The van der Waals surface area contributed by atoms with Crippen molar-refractivity contribution in [1.82, 2.24) is 0 Å². The van der Waals surface area contributed by atoms with E-state index >= 15 is 0 Å². The van der Waals surface area contributed by atoms with Crippen LogP contribution in [-0.4, -0.2) is 33.3 Å². The first-order valence-corrected chi connectivity index (χ1v) is 44.4. The van der Waals surface area contributed by atoms with Gasteiger partial charge in [-0.3, -0.25) is 4.79 Å². The molecule has 0 aromatic heterocycles. The molecule has 0 saturated heterocycles. The van der Waals surface area contributed by atoms with Crippen LogP contribution in [0.5, 0.6) is 103 Å². The molecule has 129 heavy (non-hydrogen) atoms. The average molecular weight is 1740 g/mol. The number of halogens is 1. The lowest BCUT2D eigenvalue weighted by Gasteiger charge is -2.10. The monoisotopic (exact) mass is 1740 g/mol. The highest BCUT2D eigenvalue weighted by Crippen LogP contribution is 2.35. The summed E-state index contributed by atoms with van der Waals surface area (Å²) in [7, 11) is 3.15. The lowest BCUT2D eigenvalue weighted by molar-refractivity contribution is -0.114. The van der Waals surface area contributed by atoms with Crippen molar-refractivity contribution in [3.63, 3.8) is 0 Å². The second kappa shape index (κ2) is 53.0. The molecule has 14 heteroatoms. The van der Waals surface area contributed by atoms with Gasteiger partial charge in [0.25, 0.3) is 0 Å². The van der Waals surface area contributed by atoms with Crippen LogP contribution >= 0.6 is 0 Å². The minimum atomic E-state index is -0.381. The van der Waals surface area contributed by atoms with Crippen molar-refractivity contribution < 1.29 is 61.3 Å². The van der Waals surface area contributed by atoms with E-state index in [9.17, 15) is 9.18 Å². The van der Waals surface area contributed by atoms with E-state index in [0.717, 1.165) is 86.2 Å². The van der Waals surface area contributed by atoms with Gasteiger partial charge < -0.3 is 57.4 Å². The van der Waals surface area contributed by atoms with Crippen LogP contribution in [0.2, 0.25) is 0 Å². The van der Waals surface area contributed by atoms with E-state index in [1.54, 1.807) is 19.2 Å². The van der Waals surface area contributed by atoms with E-state index in [2.05, 4.69) is 201 Å². The Kier molecular flexibility index (Phi) is 41.4. The number of carbonyl (C=O) groups excluding carboxylic acids is 1. The van der Waals surface area contributed by atoms with Gasteiger partial charge in [-0.15, -0.1) is 0 Å². The predicted octanol–water partition coefficient (Wildman–Crippen LogP) is 33.7. The summed E-state index contributed by atoms with van der Waals surface area (Å²) >= 11 is 0. The third kappa shape index (κ3) is 36.6. The van der Waals surface area contributed by atoms with Crippen molar-refractivity contribution in [3.8, 4) is 103 Å². The number of nitrogens with one attached hydrogen (secondary N) is 1. The molecule has 0 fully saturated rings. The standard InChI is InChI=1S/C17H19NO2.2C17H20O2.C16H17FO2.C16H18O2.2C16H18O/c1-12(2)14-7-9-16(10-8-14)20-17-6-4-5-15(11-17)18-13(3)19;2*1-4-18-16-6-5-7-17(12-16)19-15-10-8-14(9-11-15)13(2)3;1-11(2)12-4-6-14(7-5-12)19-16-9-13(17)8-15(10-16)18-3;1-12(2)13-7-9-14(10-8-13)18-16-6-4-5-15(11-16)17-3;2*1-12(2)14-7-9-15(10-8-14)17-16-6-4-5-13(3)11-16/h4-12H,1-3H3,(H,18,19);2*5-13H,4H2,1-3H3;4-11H,1-3H3;4-12H,1-3H3;2*4-12H,1-3H3. The summed E-state index contributed by atoms with van der Waals surface area (Å²) < 4.78 is 74.8. The van der Waals surface area contributed by atoms with E-state index in [1.165, 1.54) is 76.2 Å². The van der Waals surface area contributed by atoms with Gasteiger partial charge in [0.15, 0.2) is 0 Å². The Morgan fingerprint density at radius 1 is 0.248 bits per heavy atom. The molecule has 1 N–H and O–H groups in total. The molecule has 0 radical (unpaired) electrons. The Hall–Kier alpha value is -13.7. The van der Waals surface area contributed by atoms with Crippen molar-refractivity contribution in [2.45, 2.75) is 173 Å². The molecule has 14 aromatic carbocycles. The maximum absolute atomic E-state index is 13.3. The first-order valence-electron chi connectivity index (χ1n) is 44.4. The smallest absolute Gasteiger partial charge is 0.221 e. The molecule has 1 amide bonds. The normalized spacial score (nSPS) is 10.5. The Balaban J connectivity index is 0.000000186. The zero-order valence-corrected chi connectivity index (χ0v) is 79.0. The largest absolute Gasteiger partial charge is 0.497 e. The van der Waals surface area contributed by atoms with Gasteiger partial charge in [0.05, 0.1) is 27.4 Å². The van der Waals surface area contributed by atoms with Crippen LogP contribution in [0.15, 0.2) is 334 Å². The zero-order chi connectivity index (χ0) is 93.2. The Morgan fingerprint density at radius 2 is 0.457 bits per heavy atom. The third-order valence-corrected chi connectivity index (χ3v) is 20.0. The highest BCUT2D eigenvalue weighted by atomic mass is 19.1. The molecule has 13 nitrogen and oxygen atoms in total. The molecule has 674 valence electrons. The molecule has 0 atom stereocenters. The predicted molar refractivity (Wildman–Crippen MR) is 529 cm³/mol. The number of hydrogen-bond donors (Lipinski definition) is 1. The molecule has 0 aliphatic carbocycles. The quantitative estimate of drug-likeness (QED) is 0.0501. The van der Waals surface area contributed by atoms with Crippen LogP contribution in [0.25, 0.3) is 0 Å². The summed E-state index contributed by atoms with van der Waals surface area (Å²) in [6.45, 7) is 41.3. The number of anilines is 1. The minimum absolute atomic E-state index is 0.0940. The molecular weight excluding hydrogens is 1610 g/mol. The second-order valence-electron chi connectivity index (χ2n) is 32.9. The molecule has 0 aliphatic heterocycles. The van der Waals surface area contributed by atoms with Gasteiger partial charge in [-0.05, 0) is 277 Å². The van der Waals surface area contributed by atoms with Crippen LogP contribution in [0, 0.1) is 19.7 Å². The molecule has 14 aromatic rings. The van der Waals surface area contributed by atoms with E-state index < -0.39 is 0 Å². The molecular formula is C115H130FNO12. The van der Waals surface area contributed by atoms with Crippen molar-refractivity contribution in [1.29, 1.82) is 0 Å². The number of rotatable bonds is 28. The van der Waals surface area contributed by atoms with Gasteiger partial charge in [-0.25, -0.2) is 4.39 Å². The topological polar surface area (TPSA) is 131 Å². The number of aryl methyl sites for hydroxylation is 2. The Labute approximate surface area is 767 Å². The van der Waals surface area contributed by atoms with Gasteiger partial charge in [0.1, 0.15) is 109 Å². The van der Waals surface area contributed by atoms with Crippen LogP contribution < -0.4 is 57.4 Å². The van der Waals surface area contributed by atoms with Gasteiger partial charge >= 0.3 is 0 Å². The summed E-state index contributed by atoms with van der Waals surface area (Å²) in [6, 6.07) is 108. The van der Waals surface area contributed by atoms with E-state index in [1.807, 2.05) is 238 Å². The van der Waals surface area contributed by atoms with Crippen LogP contribution in [0.4, 0.5) is 10.1 Å². The summed E-state index contributed by atoms with van der Waals surface area (Å²) in [4.78, 5) is 11.0. The van der Waals surface area contributed by atoms with Crippen molar-refractivity contribution in [2.75, 3.05) is 32.8 Å². The fourth-order valence-corrected chi connectivity index (χ4v) is 12.6. The lowest BCUT2D eigenvalue weighted by Crippen LogP contribution is -2.05. The summed E-state index contributed by atoms with van der Waals surface area (Å²) in [5.41, 5.74) is 12.3. The van der Waals surface area contributed by atoms with Crippen molar-refractivity contribution in [3.05, 3.63) is 390 Å². The number of hydrogen-bond acceptors (Lipinski definition) is 12. The van der Waals surface area contributed by atoms with E-state index in [-0.39, 0.29) is 11.7 Å². The first-order chi connectivity index (χ1) is 62.0. The Morgan fingerprint density at radius 3 is 0.705 bits per heavy atom. The van der Waals surface area contributed by atoms with Gasteiger partial charge in [-0.1, -0.05) is 230 Å². The minimum Gasteiger partial charge on any atom is -0.497 e. The number of amides is 1. The number of methoxy groups -OCH3 is 2. The fourth-order valence-electron chi connectivity index (χ4n) is 12.6. The van der Waals surface area contributed by atoms with E-state index in [0.29, 0.717) is 77.6 Å². The number of carbonyl (C=O) groups is 1. The maximum Gasteiger partial charge on any atom is 0.221 e. The number of benzene rings is 14. The number of ether oxygens (including phenoxy) is 11. The van der Waals surface area contributed by atoms with E-state index in [4.69, 9.17) is 52.1 Å². The summed E-state index contributed by atoms with van der Waals surface area (Å²) in [5.74, 6) is 17.2. The maximum atomic E-state index is 13.3. The molecule has 0 bridgehead atoms.